The van der Waals surface area contributed by atoms with Gasteiger partial charge in [0.05, 0.1) is 11.1 Å². The maximum absolute atomic E-state index is 13.4. The topological polar surface area (TPSA) is 40.5 Å². The van der Waals surface area contributed by atoms with Gasteiger partial charge in [-0.25, -0.2) is 4.39 Å². The Kier molecular flexibility index (Phi) is 3.34. The molecule has 1 aromatic carbocycles. The van der Waals surface area contributed by atoms with Gasteiger partial charge in [0.15, 0.2) is 11.6 Å². The lowest BCUT2D eigenvalue weighted by atomic mass is 10.0. The molecule has 0 aliphatic rings. The molecule has 0 aliphatic carbocycles. The van der Waals surface area contributed by atoms with Gasteiger partial charge in [-0.05, 0) is 25.0 Å². The number of phenols is 1. The van der Waals surface area contributed by atoms with Gasteiger partial charge < -0.3 is 10.2 Å². The molecular weight excluding hydrogens is 207 g/mol. The van der Waals surface area contributed by atoms with Crippen molar-refractivity contribution in [2.75, 3.05) is 0 Å². The maximum atomic E-state index is 13.4. The van der Waals surface area contributed by atoms with Gasteiger partial charge in [-0.3, -0.25) is 0 Å². The van der Waals surface area contributed by atoms with Crippen LogP contribution in [-0.2, 0) is 6.42 Å². The molecule has 1 atom stereocenters. The van der Waals surface area contributed by atoms with Gasteiger partial charge in [-0.1, -0.05) is 17.7 Å². The van der Waals surface area contributed by atoms with Gasteiger partial charge in [0.1, 0.15) is 0 Å². The number of rotatable bonds is 2. The van der Waals surface area contributed by atoms with Crippen LogP contribution in [0.3, 0.4) is 0 Å². The number of phenolic OH excluding ortho intramolecular Hbond substituents is 1. The van der Waals surface area contributed by atoms with Crippen LogP contribution < -0.4 is 0 Å². The lowest BCUT2D eigenvalue weighted by Gasteiger charge is -2.10. The Labute approximate surface area is 86.9 Å². The minimum Gasteiger partial charge on any atom is -0.504 e. The lowest BCUT2D eigenvalue weighted by molar-refractivity contribution is 0.194. The van der Waals surface area contributed by atoms with Gasteiger partial charge >= 0.3 is 0 Å². The molecule has 0 saturated heterocycles. The molecule has 0 fully saturated rings. The highest BCUT2D eigenvalue weighted by molar-refractivity contribution is 6.32. The van der Waals surface area contributed by atoms with E-state index in [2.05, 4.69) is 0 Å². The number of halogens is 2. The highest BCUT2D eigenvalue weighted by Gasteiger charge is 2.15. The maximum Gasteiger partial charge on any atom is 0.170 e. The van der Waals surface area contributed by atoms with Gasteiger partial charge in [0.2, 0.25) is 0 Å². The fraction of sp³-hybridized carbons (Fsp3) is 0.400. The molecule has 14 heavy (non-hydrogen) atoms. The van der Waals surface area contributed by atoms with E-state index >= 15 is 0 Å². The highest BCUT2D eigenvalue weighted by atomic mass is 35.5. The summed E-state index contributed by atoms with van der Waals surface area (Å²) in [6, 6.07) is 1.53. The van der Waals surface area contributed by atoms with E-state index < -0.39 is 17.7 Å². The molecule has 0 aromatic heterocycles. The zero-order chi connectivity index (χ0) is 10.9. The fourth-order valence-electron chi connectivity index (χ4n) is 1.29. The normalized spacial score (nSPS) is 12.9. The molecule has 0 amide bonds. The summed E-state index contributed by atoms with van der Waals surface area (Å²) in [5.74, 6) is -1.29. The van der Waals surface area contributed by atoms with Crippen molar-refractivity contribution in [1.82, 2.24) is 0 Å². The smallest absolute Gasteiger partial charge is 0.170 e. The van der Waals surface area contributed by atoms with E-state index in [1.54, 1.807) is 13.8 Å². The molecule has 2 N–H and O–H groups in total. The van der Waals surface area contributed by atoms with Crippen LogP contribution in [0.15, 0.2) is 6.07 Å². The van der Waals surface area contributed by atoms with Crippen molar-refractivity contribution in [1.29, 1.82) is 0 Å². The molecular formula is C10H12ClFO2. The van der Waals surface area contributed by atoms with Gasteiger partial charge in [-0.15, -0.1) is 0 Å². The first-order valence-electron chi connectivity index (χ1n) is 4.28. The Morgan fingerprint density at radius 3 is 2.64 bits per heavy atom. The van der Waals surface area contributed by atoms with E-state index in [-0.39, 0.29) is 17.0 Å². The van der Waals surface area contributed by atoms with Gasteiger partial charge in [-0.2, -0.15) is 0 Å². The summed E-state index contributed by atoms with van der Waals surface area (Å²) in [4.78, 5) is 0. The third-order valence-corrected chi connectivity index (χ3v) is 2.43. The van der Waals surface area contributed by atoms with Crippen molar-refractivity contribution in [3.63, 3.8) is 0 Å². The molecule has 78 valence electrons. The molecule has 1 rings (SSSR count). The predicted molar refractivity (Wildman–Crippen MR) is 53.2 cm³/mol. The van der Waals surface area contributed by atoms with Gasteiger partial charge in [0.25, 0.3) is 0 Å². The average molecular weight is 219 g/mol. The number of benzene rings is 1. The molecule has 0 spiro atoms. The SMILES string of the molecule is Cc1cc(CC(C)O)c(F)c(O)c1Cl. The fourth-order valence-corrected chi connectivity index (χ4v) is 1.43. The third-order valence-electron chi connectivity index (χ3n) is 1.95. The number of hydrogen-bond donors (Lipinski definition) is 2. The van der Waals surface area contributed by atoms with Crippen LogP contribution in [0.1, 0.15) is 18.1 Å². The standard InChI is InChI=1S/C10H12ClFO2/c1-5-3-7(4-6(2)13)9(12)10(14)8(5)11/h3,6,13-14H,4H2,1-2H3. The predicted octanol–water partition coefficient (Wildman–Crippen LogP) is 2.42. The second kappa shape index (κ2) is 4.15. The minimum absolute atomic E-state index is 0.0249. The van der Waals surface area contributed by atoms with E-state index in [1.807, 2.05) is 0 Å². The quantitative estimate of drug-likeness (QED) is 0.801. The summed E-state index contributed by atoms with van der Waals surface area (Å²) < 4.78 is 13.4. The van der Waals surface area contributed by atoms with Crippen molar-refractivity contribution in [3.05, 3.63) is 28.0 Å². The number of aromatic hydroxyl groups is 1. The summed E-state index contributed by atoms with van der Waals surface area (Å²) in [7, 11) is 0. The van der Waals surface area contributed by atoms with Gasteiger partial charge in [0, 0.05) is 6.42 Å². The Balaban J connectivity index is 3.19. The monoisotopic (exact) mass is 218 g/mol. The van der Waals surface area contributed by atoms with E-state index in [4.69, 9.17) is 16.7 Å². The summed E-state index contributed by atoms with van der Waals surface area (Å²) >= 11 is 5.64. The van der Waals surface area contributed by atoms with Crippen LogP contribution in [0.2, 0.25) is 5.02 Å². The zero-order valence-corrected chi connectivity index (χ0v) is 8.77. The summed E-state index contributed by atoms with van der Waals surface area (Å²) in [6.07, 6.45) is -0.485. The number of hydrogen-bond acceptors (Lipinski definition) is 2. The summed E-state index contributed by atoms with van der Waals surface area (Å²) in [5, 5.41) is 18.4. The summed E-state index contributed by atoms with van der Waals surface area (Å²) in [5.41, 5.74) is 0.876. The van der Waals surface area contributed by atoms with E-state index in [0.29, 0.717) is 5.56 Å². The molecule has 0 radical (unpaired) electrons. The lowest BCUT2D eigenvalue weighted by Crippen LogP contribution is -2.06. The Bertz CT molecular complexity index is 350. The zero-order valence-electron chi connectivity index (χ0n) is 8.01. The first kappa shape index (κ1) is 11.3. The Hall–Kier alpha value is -0.800. The van der Waals surface area contributed by atoms with E-state index in [0.717, 1.165) is 0 Å². The molecule has 4 heteroatoms. The molecule has 2 nitrogen and oxygen atoms in total. The average Bonchev–Trinajstić information content (AvgIpc) is 2.10. The van der Waals surface area contributed by atoms with Crippen molar-refractivity contribution in [2.24, 2.45) is 0 Å². The van der Waals surface area contributed by atoms with Crippen molar-refractivity contribution in [2.45, 2.75) is 26.4 Å². The second-order valence-electron chi connectivity index (χ2n) is 3.38. The first-order chi connectivity index (χ1) is 6.43. The second-order valence-corrected chi connectivity index (χ2v) is 3.76. The molecule has 0 heterocycles. The molecule has 1 aromatic rings. The molecule has 1 unspecified atom stereocenters. The van der Waals surface area contributed by atoms with Crippen LogP contribution >= 0.6 is 11.6 Å². The Morgan fingerprint density at radius 2 is 2.14 bits per heavy atom. The number of aryl methyl sites for hydroxylation is 1. The minimum atomic E-state index is -0.749. The number of aliphatic hydroxyl groups is 1. The number of aliphatic hydroxyl groups excluding tert-OH is 1. The van der Waals surface area contributed by atoms with Crippen LogP contribution in [0, 0.1) is 12.7 Å². The van der Waals surface area contributed by atoms with Crippen molar-refractivity contribution < 1.29 is 14.6 Å². The largest absolute Gasteiger partial charge is 0.504 e. The van der Waals surface area contributed by atoms with Crippen LogP contribution in [0.25, 0.3) is 0 Å². The third kappa shape index (κ3) is 2.16. The molecule has 0 saturated carbocycles. The highest BCUT2D eigenvalue weighted by Crippen LogP contribution is 2.32. The van der Waals surface area contributed by atoms with E-state index in [1.165, 1.54) is 6.07 Å². The summed E-state index contributed by atoms with van der Waals surface area (Å²) in [6.45, 7) is 3.23. The molecule has 0 bridgehead atoms. The van der Waals surface area contributed by atoms with E-state index in [9.17, 15) is 9.50 Å². The van der Waals surface area contributed by atoms with Crippen LogP contribution in [0.4, 0.5) is 4.39 Å². The molecule has 0 aliphatic heterocycles. The van der Waals surface area contributed by atoms with Crippen molar-refractivity contribution >= 4 is 11.6 Å². The Morgan fingerprint density at radius 1 is 1.57 bits per heavy atom. The first-order valence-corrected chi connectivity index (χ1v) is 4.65. The van der Waals surface area contributed by atoms with Crippen molar-refractivity contribution in [3.8, 4) is 5.75 Å². The van der Waals surface area contributed by atoms with Crippen LogP contribution in [-0.4, -0.2) is 16.3 Å². The van der Waals surface area contributed by atoms with Crippen LogP contribution in [0.5, 0.6) is 5.75 Å².